The van der Waals surface area contributed by atoms with Crippen LogP contribution in [-0.4, -0.2) is 64.1 Å². The molecule has 100 valence electrons. The van der Waals surface area contributed by atoms with Crippen molar-refractivity contribution in [1.82, 2.24) is 15.1 Å². The number of anilines is 1. The van der Waals surface area contributed by atoms with Crippen LogP contribution >= 0.6 is 0 Å². The molecule has 0 saturated carbocycles. The Morgan fingerprint density at radius 1 is 1.44 bits per heavy atom. The number of hydrogen-bond acceptors (Lipinski definition) is 6. The summed E-state index contributed by atoms with van der Waals surface area (Å²) in [5.74, 6) is 0.204. The van der Waals surface area contributed by atoms with E-state index in [4.69, 9.17) is 5.11 Å². The molecule has 0 aliphatic heterocycles. The van der Waals surface area contributed by atoms with Crippen LogP contribution < -0.4 is 5.32 Å². The number of carbonyl (C=O) groups is 1. The SMILES string of the molecule is CN(C)C(=O)c1ccc(NCC(C)(O)CO)nn1. The van der Waals surface area contributed by atoms with Crippen LogP contribution in [0, 0.1) is 0 Å². The number of hydrogen-bond donors (Lipinski definition) is 3. The van der Waals surface area contributed by atoms with Gasteiger partial charge >= 0.3 is 0 Å². The number of carbonyl (C=O) groups excluding carboxylic acids is 1. The number of nitrogens with zero attached hydrogens (tertiary/aromatic N) is 3. The van der Waals surface area contributed by atoms with E-state index in [1.807, 2.05) is 0 Å². The molecular weight excluding hydrogens is 236 g/mol. The van der Waals surface area contributed by atoms with Gasteiger partial charge in [0.2, 0.25) is 0 Å². The smallest absolute Gasteiger partial charge is 0.273 e. The lowest BCUT2D eigenvalue weighted by molar-refractivity contribution is 0.0131. The molecular formula is C11H18N4O3. The summed E-state index contributed by atoms with van der Waals surface area (Å²) in [6, 6.07) is 3.14. The molecule has 1 rings (SSSR count). The zero-order valence-electron chi connectivity index (χ0n) is 10.7. The third-order valence-corrected chi connectivity index (χ3v) is 2.28. The number of amides is 1. The van der Waals surface area contributed by atoms with Crippen LogP contribution in [0.3, 0.4) is 0 Å². The first-order valence-corrected chi connectivity index (χ1v) is 5.48. The van der Waals surface area contributed by atoms with E-state index in [2.05, 4.69) is 15.5 Å². The highest BCUT2D eigenvalue weighted by atomic mass is 16.3. The zero-order chi connectivity index (χ0) is 13.8. The van der Waals surface area contributed by atoms with Crippen molar-refractivity contribution in [2.45, 2.75) is 12.5 Å². The fraction of sp³-hybridized carbons (Fsp3) is 0.545. The highest BCUT2D eigenvalue weighted by molar-refractivity contribution is 5.91. The first-order valence-electron chi connectivity index (χ1n) is 5.48. The molecule has 0 aliphatic carbocycles. The second-order valence-corrected chi connectivity index (χ2v) is 4.51. The average Bonchev–Trinajstić information content (AvgIpc) is 2.36. The third-order valence-electron chi connectivity index (χ3n) is 2.28. The fourth-order valence-corrected chi connectivity index (χ4v) is 1.11. The van der Waals surface area contributed by atoms with Crippen LogP contribution in [0.5, 0.6) is 0 Å². The first-order chi connectivity index (χ1) is 8.35. The lowest BCUT2D eigenvalue weighted by atomic mass is 10.1. The van der Waals surface area contributed by atoms with Crippen molar-refractivity contribution in [1.29, 1.82) is 0 Å². The van der Waals surface area contributed by atoms with Crippen LogP contribution in [0.15, 0.2) is 12.1 Å². The van der Waals surface area contributed by atoms with E-state index >= 15 is 0 Å². The van der Waals surface area contributed by atoms with E-state index in [-0.39, 0.29) is 24.8 Å². The van der Waals surface area contributed by atoms with Crippen molar-refractivity contribution >= 4 is 11.7 Å². The Labute approximate surface area is 105 Å². The lowest BCUT2D eigenvalue weighted by Crippen LogP contribution is -2.37. The summed E-state index contributed by atoms with van der Waals surface area (Å²) in [7, 11) is 3.27. The lowest BCUT2D eigenvalue weighted by Gasteiger charge is -2.20. The molecule has 7 nitrogen and oxygen atoms in total. The van der Waals surface area contributed by atoms with Crippen LogP contribution in [0.1, 0.15) is 17.4 Å². The topological polar surface area (TPSA) is 98.6 Å². The van der Waals surface area contributed by atoms with Crippen molar-refractivity contribution in [2.75, 3.05) is 32.6 Å². The molecule has 0 fully saturated rings. The van der Waals surface area contributed by atoms with E-state index in [1.165, 1.54) is 11.8 Å². The van der Waals surface area contributed by atoms with Gasteiger partial charge in [-0.2, -0.15) is 0 Å². The fourth-order valence-electron chi connectivity index (χ4n) is 1.11. The quantitative estimate of drug-likeness (QED) is 0.645. The van der Waals surface area contributed by atoms with Gasteiger partial charge in [-0.15, -0.1) is 10.2 Å². The molecule has 0 spiro atoms. The predicted octanol–water partition coefficient (Wildman–Crippen LogP) is -0.666. The number of nitrogens with one attached hydrogen (secondary N) is 1. The van der Waals surface area contributed by atoms with Crippen LogP contribution in [-0.2, 0) is 0 Å². The largest absolute Gasteiger partial charge is 0.393 e. The van der Waals surface area contributed by atoms with E-state index in [1.54, 1.807) is 26.2 Å². The molecule has 0 saturated heterocycles. The Morgan fingerprint density at radius 3 is 2.56 bits per heavy atom. The van der Waals surface area contributed by atoms with Crippen molar-refractivity contribution in [2.24, 2.45) is 0 Å². The summed E-state index contributed by atoms with van der Waals surface area (Å²) < 4.78 is 0. The van der Waals surface area contributed by atoms with Gasteiger partial charge in [0.25, 0.3) is 5.91 Å². The standard InChI is InChI=1S/C11H18N4O3/c1-11(18,7-16)6-12-9-5-4-8(13-14-9)10(17)15(2)3/h4-5,16,18H,6-7H2,1-3H3,(H,12,14). The van der Waals surface area contributed by atoms with Gasteiger partial charge in [0.15, 0.2) is 5.69 Å². The number of aromatic nitrogens is 2. The van der Waals surface area contributed by atoms with Crippen molar-refractivity contribution in [3.05, 3.63) is 17.8 Å². The van der Waals surface area contributed by atoms with Gasteiger partial charge in [0.1, 0.15) is 11.4 Å². The minimum Gasteiger partial charge on any atom is -0.393 e. The Kier molecular flexibility index (Phi) is 4.57. The van der Waals surface area contributed by atoms with Crippen LogP contribution in [0.2, 0.25) is 0 Å². The monoisotopic (exact) mass is 254 g/mol. The summed E-state index contributed by atoms with van der Waals surface area (Å²) in [5, 5.41) is 28.9. The van der Waals surface area contributed by atoms with E-state index in [0.717, 1.165) is 0 Å². The molecule has 18 heavy (non-hydrogen) atoms. The Morgan fingerprint density at radius 2 is 2.11 bits per heavy atom. The molecule has 0 bridgehead atoms. The summed E-state index contributed by atoms with van der Waals surface area (Å²) in [6.45, 7) is 1.28. The maximum absolute atomic E-state index is 11.5. The number of rotatable bonds is 5. The minimum absolute atomic E-state index is 0.138. The zero-order valence-corrected chi connectivity index (χ0v) is 10.7. The molecule has 1 atom stereocenters. The van der Waals surface area contributed by atoms with E-state index in [0.29, 0.717) is 5.82 Å². The highest BCUT2D eigenvalue weighted by Crippen LogP contribution is 2.07. The van der Waals surface area contributed by atoms with E-state index in [9.17, 15) is 9.90 Å². The normalized spacial score (nSPS) is 13.8. The molecule has 7 heteroatoms. The molecule has 0 aromatic carbocycles. The molecule has 0 aliphatic rings. The molecule has 1 amide bonds. The van der Waals surface area contributed by atoms with Gasteiger partial charge in [-0.25, -0.2) is 0 Å². The summed E-state index contributed by atoms with van der Waals surface area (Å²) >= 11 is 0. The Hall–Kier alpha value is -1.73. The van der Waals surface area contributed by atoms with Gasteiger partial charge < -0.3 is 20.4 Å². The van der Waals surface area contributed by atoms with Gasteiger partial charge in [0.05, 0.1) is 6.61 Å². The van der Waals surface area contributed by atoms with Crippen molar-refractivity contribution in [3.8, 4) is 0 Å². The molecule has 1 unspecified atom stereocenters. The number of aliphatic hydroxyl groups is 2. The molecule has 0 radical (unpaired) electrons. The Balaban J connectivity index is 2.64. The second-order valence-electron chi connectivity index (χ2n) is 4.51. The maximum atomic E-state index is 11.5. The summed E-state index contributed by atoms with van der Waals surface area (Å²) in [5.41, 5.74) is -0.973. The van der Waals surface area contributed by atoms with Crippen LogP contribution in [0.4, 0.5) is 5.82 Å². The minimum atomic E-state index is -1.22. The molecule has 1 aromatic rings. The van der Waals surface area contributed by atoms with Gasteiger partial charge in [-0.1, -0.05) is 0 Å². The predicted molar refractivity (Wildman–Crippen MR) is 66.2 cm³/mol. The average molecular weight is 254 g/mol. The highest BCUT2D eigenvalue weighted by Gasteiger charge is 2.18. The van der Waals surface area contributed by atoms with Crippen LogP contribution in [0.25, 0.3) is 0 Å². The van der Waals surface area contributed by atoms with Crippen molar-refractivity contribution < 1.29 is 15.0 Å². The number of aliphatic hydroxyl groups excluding tert-OH is 1. The molecule has 3 N–H and O–H groups in total. The Bertz CT molecular complexity index is 403. The third kappa shape index (κ3) is 3.94. The summed E-state index contributed by atoms with van der Waals surface area (Å²) in [6.07, 6.45) is 0. The molecule has 1 heterocycles. The molecule has 1 aromatic heterocycles. The van der Waals surface area contributed by atoms with Gasteiger partial charge in [-0.05, 0) is 19.1 Å². The second kappa shape index (κ2) is 5.74. The first kappa shape index (κ1) is 14.3. The summed E-state index contributed by atoms with van der Waals surface area (Å²) in [4.78, 5) is 13.0. The van der Waals surface area contributed by atoms with Crippen molar-refractivity contribution in [3.63, 3.8) is 0 Å². The van der Waals surface area contributed by atoms with E-state index < -0.39 is 5.60 Å². The maximum Gasteiger partial charge on any atom is 0.273 e. The van der Waals surface area contributed by atoms with Gasteiger partial charge in [-0.3, -0.25) is 4.79 Å². The van der Waals surface area contributed by atoms with Gasteiger partial charge in [0, 0.05) is 20.6 Å².